The fourth-order valence-electron chi connectivity index (χ4n) is 3.72. The molecule has 0 atom stereocenters. The van der Waals surface area contributed by atoms with Gasteiger partial charge in [-0.1, -0.05) is 23.8 Å². The molecule has 0 aromatic heterocycles. The van der Waals surface area contributed by atoms with Crippen molar-refractivity contribution in [3.8, 4) is 5.75 Å². The van der Waals surface area contributed by atoms with Crippen molar-refractivity contribution >= 4 is 23.4 Å². The summed E-state index contributed by atoms with van der Waals surface area (Å²) in [5.41, 5.74) is 3.29. The van der Waals surface area contributed by atoms with Crippen LogP contribution in [0.5, 0.6) is 5.75 Å². The average molecular weight is 424 g/mol. The maximum atomic E-state index is 12.8. The molecular formula is C24H29N3O4. The van der Waals surface area contributed by atoms with Gasteiger partial charge in [0.15, 0.2) is 6.61 Å². The number of anilines is 1. The molecule has 7 heteroatoms. The highest BCUT2D eigenvalue weighted by molar-refractivity contribution is 5.96. The van der Waals surface area contributed by atoms with E-state index >= 15 is 0 Å². The van der Waals surface area contributed by atoms with Crippen molar-refractivity contribution in [2.45, 2.75) is 39.7 Å². The largest absolute Gasteiger partial charge is 0.484 e. The molecule has 7 nitrogen and oxygen atoms in total. The van der Waals surface area contributed by atoms with Crippen LogP contribution in [0.3, 0.4) is 0 Å². The molecule has 1 aliphatic heterocycles. The van der Waals surface area contributed by atoms with E-state index in [1.807, 2.05) is 32.0 Å². The van der Waals surface area contributed by atoms with E-state index in [0.29, 0.717) is 42.9 Å². The highest BCUT2D eigenvalue weighted by Gasteiger charge is 2.25. The SMILES string of the molecule is CC(=O)Nc1cccc(C(=O)N2CCC(NC(=O)COc3ccc(C)cc3C)CC2)c1. The molecule has 1 saturated heterocycles. The van der Waals surface area contributed by atoms with E-state index in [9.17, 15) is 14.4 Å². The van der Waals surface area contributed by atoms with Crippen molar-refractivity contribution in [1.29, 1.82) is 0 Å². The maximum Gasteiger partial charge on any atom is 0.258 e. The molecule has 0 bridgehead atoms. The van der Waals surface area contributed by atoms with Gasteiger partial charge in [-0.15, -0.1) is 0 Å². The Morgan fingerprint density at radius 3 is 2.48 bits per heavy atom. The van der Waals surface area contributed by atoms with Gasteiger partial charge in [-0.25, -0.2) is 0 Å². The van der Waals surface area contributed by atoms with Gasteiger partial charge in [-0.3, -0.25) is 14.4 Å². The number of hydrogen-bond donors (Lipinski definition) is 2. The van der Waals surface area contributed by atoms with Crippen LogP contribution in [-0.2, 0) is 9.59 Å². The highest BCUT2D eigenvalue weighted by atomic mass is 16.5. The number of ether oxygens (including phenoxy) is 1. The number of carbonyl (C=O) groups excluding carboxylic acids is 3. The summed E-state index contributed by atoms with van der Waals surface area (Å²) in [4.78, 5) is 38.1. The molecule has 0 spiro atoms. The van der Waals surface area contributed by atoms with Gasteiger partial charge in [0, 0.05) is 37.3 Å². The Kier molecular flexibility index (Phi) is 7.28. The van der Waals surface area contributed by atoms with E-state index in [1.54, 1.807) is 29.2 Å². The normalized spacial score (nSPS) is 14.1. The van der Waals surface area contributed by atoms with Gasteiger partial charge in [-0.05, 0) is 56.5 Å². The molecule has 2 N–H and O–H groups in total. The minimum Gasteiger partial charge on any atom is -0.484 e. The number of nitrogens with zero attached hydrogens (tertiary/aromatic N) is 1. The van der Waals surface area contributed by atoms with E-state index in [4.69, 9.17) is 4.74 Å². The smallest absolute Gasteiger partial charge is 0.258 e. The van der Waals surface area contributed by atoms with Crippen molar-refractivity contribution in [1.82, 2.24) is 10.2 Å². The quantitative estimate of drug-likeness (QED) is 0.748. The molecular weight excluding hydrogens is 394 g/mol. The van der Waals surface area contributed by atoms with E-state index in [0.717, 1.165) is 11.1 Å². The predicted molar refractivity (Wildman–Crippen MR) is 119 cm³/mol. The lowest BCUT2D eigenvalue weighted by Gasteiger charge is -2.32. The number of carbonyl (C=O) groups is 3. The Morgan fingerprint density at radius 1 is 1.06 bits per heavy atom. The van der Waals surface area contributed by atoms with Gasteiger partial charge in [0.05, 0.1) is 0 Å². The van der Waals surface area contributed by atoms with Crippen LogP contribution in [0.25, 0.3) is 0 Å². The molecule has 1 fully saturated rings. The first-order valence-electron chi connectivity index (χ1n) is 10.5. The van der Waals surface area contributed by atoms with Crippen LogP contribution in [0.1, 0.15) is 41.3 Å². The van der Waals surface area contributed by atoms with Gasteiger partial charge in [-0.2, -0.15) is 0 Å². The molecule has 2 aromatic rings. The van der Waals surface area contributed by atoms with Crippen molar-refractivity contribution in [3.63, 3.8) is 0 Å². The van der Waals surface area contributed by atoms with Gasteiger partial charge in [0.2, 0.25) is 5.91 Å². The topological polar surface area (TPSA) is 87.7 Å². The summed E-state index contributed by atoms with van der Waals surface area (Å²) in [5.74, 6) is 0.299. The maximum absolute atomic E-state index is 12.8. The number of nitrogens with one attached hydrogen (secondary N) is 2. The van der Waals surface area contributed by atoms with Crippen molar-refractivity contribution in [2.24, 2.45) is 0 Å². The Morgan fingerprint density at radius 2 is 1.81 bits per heavy atom. The summed E-state index contributed by atoms with van der Waals surface area (Å²) in [6.45, 7) is 6.50. The van der Waals surface area contributed by atoms with E-state index in [1.165, 1.54) is 6.92 Å². The summed E-state index contributed by atoms with van der Waals surface area (Å²) in [6, 6.07) is 12.8. The van der Waals surface area contributed by atoms with Crippen LogP contribution in [0.15, 0.2) is 42.5 Å². The van der Waals surface area contributed by atoms with Gasteiger partial charge in [0.25, 0.3) is 11.8 Å². The molecule has 2 aromatic carbocycles. The van der Waals surface area contributed by atoms with E-state index in [-0.39, 0.29) is 30.4 Å². The molecule has 1 heterocycles. The standard InChI is InChI=1S/C24H29N3O4/c1-16-7-8-22(17(2)13-16)31-15-23(29)26-20-9-11-27(12-10-20)24(30)19-5-4-6-21(14-19)25-18(3)28/h4-8,13-14,20H,9-12,15H2,1-3H3,(H,25,28)(H,26,29). The Labute approximate surface area is 182 Å². The minimum absolute atomic E-state index is 0.0185. The van der Waals surface area contributed by atoms with Crippen LogP contribution in [0.2, 0.25) is 0 Å². The lowest BCUT2D eigenvalue weighted by Crippen LogP contribution is -2.47. The third kappa shape index (κ3) is 6.31. The fourth-order valence-corrected chi connectivity index (χ4v) is 3.72. The van der Waals surface area contributed by atoms with E-state index in [2.05, 4.69) is 10.6 Å². The van der Waals surface area contributed by atoms with Gasteiger partial charge in [0.1, 0.15) is 5.75 Å². The lowest BCUT2D eigenvalue weighted by atomic mass is 10.0. The zero-order valence-corrected chi connectivity index (χ0v) is 18.2. The first-order valence-corrected chi connectivity index (χ1v) is 10.5. The Bertz CT molecular complexity index is 965. The van der Waals surface area contributed by atoms with Crippen LogP contribution in [0, 0.1) is 13.8 Å². The number of piperidine rings is 1. The number of benzene rings is 2. The number of rotatable bonds is 6. The van der Waals surface area contributed by atoms with Gasteiger partial charge < -0.3 is 20.3 Å². The first-order chi connectivity index (χ1) is 14.8. The third-order valence-corrected chi connectivity index (χ3v) is 5.27. The molecule has 0 saturated carbocycles. The summed E-state index contributed by atoms with van der Waals surface area (Å²) in [6.07, 6.45) is 1.37. The second kappa shape index (κ2) is 10.1. The third-order valence-electron chi connectivity index (χ3n) is 5.27. The second-order valence-electron chi connectivity index (χ2n) is 7.95. The molecule has 0 unspecified atom stereocenters. The summed E-state index contributed by atoms with van der Waals surface area (Å²) in [7, 11) is 0. The van der Waals surface area contributed by atoms with Crippen molar-refractivity contribution in [2.75, 3.05) is 25.0 Å². The molecule has 164 valence electrons. The van der Waals surface area contributed by atoms with E-state index < -0.39 is 0 Å². The number of aryl methyl sites for hydroxylation is 2. The zero-order valence-electron chi connectivity index (χ0n) is 18.2. The van der Waals surface area contributed by atoms with Crippen LogP contribution in [0.4, 0.5) is 5.69 Å². The number of likely N-dealkylation sites (tertiary alicyclic amines) is 1. The van der Waals surface area contributed by atoms with Gasteiger partial charge >= 0.3 is 0 Å². The number of amides is 3. The summed E-state index contributed by atoms with van der Waals surface area (Å²) >= 11 is 0. The summed E-state index contributed by atoms with van der Waals surface area (Å²) in [5, 5.41) is 5.69. The highest BCUT2D eigenvalue weighted by Crippen LogP contribution is 2.19. The van der Waals surface area contributed by atoms with Crippen molar-refractivity contribution in [3.05, 3.63) is 59.2 Å². The molecule has 1 aliphatic rings. The Hall–Kier alpha value is -3.35. The molecule has 3 amide bonds. The second-order valence-corrected chi connectivity index (χ2v) is 7.95. The summed E-state index contributed by atoms with van der Waals surface area (Å²) < 4.78 is 5.64. The average Bonchev–Trinajstić information content (AvgIpc) is 2.73. The minimum atomic E-state index is -0.178. The predicted octanol–water partition coefficient (Wildman–Crippen LogP) is 3.06. The monoisotopic (exact) mass is 423 g/mol. The lowest BCUT2D eigenvalue weighted by molar-refractivity contribution is -0.124. The van der Waals surface area contributed by atoms with Crippen molar-refractivity contribution < 1.29 is 19.1 Å². The molecule has 0 radical (unpaired) electrons. The Balaban J connectivity index is 1.46. The molecule has 0 aliphatic carbocycles. The number of hydrogen-bond acceptors (Lipinski definition) is 4. The van der Waals surface area contributed by atoms with Crippen LogP contribution < -0.4 is 15.4 Å². The van der Waals surface area contributed by atoms with Crippen LogP contribution in [-0.4, -0.2) is 48.4 Å². The fraction of sp³-hybridized carbons (Fsp3) is 0.375. The zero-order chi connectivity index (χ0) is 22.4. The molecule has 31 heavy (non-hydrogen) atoms. The van der Waals surface area contributed by atoms with Crippen LogP contribution >= 0.6 is 0 Å². The molecule has 3 rings (SSSR count). The first kappa shape index (κ1) is 22.3.